The minimum absolute atomic E-state index is 0.0754. The lowest BCUT2D eigenvalue weighted by atomic mass is 10.0. The number of likely N-dealkylation sites (tertiary alicyclic amines) is 1. The molecule has 1 N–H and O–H groups in total. The zero-order chi connectivity index (χ0) is 17.1. The minimum atomic E-state index is -0.0754. The molecule has 25 heavy (non-hydrogen) atoms. The number of amides is 2. The van der Waals surface area contributed by atoms with Crippen LogP contribution in [0.5, 0.6) is 11.5 Å². The largest absolute Gasteiger partial charge is 0.486 e. The van der Waals surface area contributed by atoms with E-state index in [1.807, 2.05) is 40.0 Å². The Hall–Kier alpha value is -2.70. The standard InChI is InChI=1S/C18H22N4O3/c23-18(20-14-5-6-16-17(12-14)25-11-10-24-16)22-9-2-1-4-15(22)13-21-8-3-7-19-21/h3,5-8,12,15H,1-2,4,9-11,13H2,(H,20,23). The van der Waals surface area contributed by atoms with Crippen LogP contribution in [0.2, 0.25) is 0 Å². The molecule has 2 aliphatic heterocycles. The van der Waals surface area contributed by atoms with Crippen molar-refractivity contribution in [3.05, 3.63) is 36.7 Å². The normalized spacial score (nSPS) is 19.5. The van der Waals surface area contributed by atoms with Crippen molar-refractivity contribution >= 4 is 11.7 Å². The van der Waals surface area contributed by atoms with Gasteiger partial charge in [0.25, 0.3) is 0 Å². The Morgan fingerprint density at radius 2 is 2.12 bits per heavy atom. The number of nitrogens with one attached hydrogen (secondary N) is 1. The average molecular weight is 342 g/mol. The van der Waals surface area contributed by atoms with Crippen LogP contribution in [0.25, 0.3) is 0 Å². The maximum absolute atomic E-state index is 12.8. The van der Waals surface area contributed by atoms with Crippen molar-refractivity contribution in [2.24, 2.45) is 0 Å². The molecule has 4 rings (SSSR count). The Morgan fingerprint density at radius 3 is 2.96 bits per heavy atom. The molecule has 7 nitrogen and oxygen atoms in total. The molecule has 132 valence electrons. The first-order valence-electron chi connectivity index (χ1n) is 8.74. The number of piperidine rings is 1. The fourth-order valence-corrected chi connectivity index (χ4v) is 3.40. The fourth-order valence-electron chi connectivity index (χ4n) is 3.40. The molecule has 1 aromatic carbocycles. The third-order valence-corrected chi connectivity index (χ3v) is 4.64. The number of anilines is 1. The summed E-state index contributed by atoms with van der Waals surface area (Å²) in [7, 11) is 0. The molecule has 1 aromatic heterocycles. The van der Waals surface area contributed by atoms with Crippen LogP contribution in [-0.2, 0) is 6.54 Å². The summed E-state index contributed by atoms with van der Waals surface area (Å²) in [4.78, 5) is 14.7. The van der Waals surface area contributed by atoms with Crippen LogP contribution < -0.4 is 14.8 Å². The molecule has 2 aliphatic rings. The van der Waals surface area contributed by atoms with Crippen molar-refractivity contribution < 1.29 is 14.3 Å². The molecule has 2 aromatic rings. The number of carbonyl (C=O) groups excluding carboxylic acids is 1. The summed E-state index contributed by atoms with van der Waals surface area (Å²) < 4.78 is 13.0. The highest BCUT2D eigenvalue weighted by Crippen LogP contribution is 2.32. The van der Waals surface area contributed by atoms with Crippen LogP contribution in [0.3, 0.4) is 0 Å². The van der Waals surface area contributed by atoms with Gasteiger partial charge in [-0.15, -0.1) is 0 Å². The second kappa shape index (κ2) is 7.04. The number of ether oxygens (including phenoxy) is 2. The van der Waals surface area contributed by atoms with Crippen LogP contribution in [0.1, 0.15) is 19.3 Å². The number of nitrogens with zero attached hydrogens (tertiary/aromatic N) is 3. The Bertz CT molecular complexity index is 732. The molecular weight excluding hydrogens is 320 g/mol. The number of rotatable bonds is 3. The molecule has 0 aliphatic carbocycles. The highest BCUT2D eigenvalue weighted by Gasteiger charge is 2.27. The number of fused-ring (bicyclic) bond motifs is 1. The Kier molecular flexibility index (Phi) is 4.45. The van der Waals surface area contributed by atoms with Gasteiger partial charge in [-0.1, -0.05) is 0 Å². The fraction of sp³-hybridized carbons (Fsp3) is 0.444. The molecule has 0 bridgehead atoms. The predicted molar refractivity (Wildman–Crippen MR) is 93.0 cm³/mol. The van der Waals surface area contributed by atoms with Gasteiger partial charge >= 0.3 is 6.03 Å². The van der Waals surface area contributed by atoms with Crippen LogP contribution in [0.15, 0.2) is 36.7 Å². The zero-order valence-corrected chi connectivity index (χ0v) is 14.1. The lowest BCUT2D eigenvalue weighted by Crippen LogP contribution is -2.47. The summed E-state index contributed by atoms with van der Waals surface area (Å²) in [5, 5.41) is 7.26. The summed E-state index contributed by atoms with van der Waals surface area (Å²) in [6, 6.07) is 7.49. The third kappa shape index (κ3) is 3.55. The van der Waals surface area contributed by atoms with E-state index in [-0.39, 0.29) is 12.1 Å². The van der Waals surface area contributed by atoms with Gasteiger partial charge in [0.1, 0.15) is 13.2 Å². The van der Waals surface area contributed by atoms with E-state index in [1.165, 1.54) is 0 Å². The Labute approximate surface area is 146 Å². The molecule has 7 heteroatoms. The van der Waals surface area contributed by atoms with Gasteiger partial charge in [0.15, 0.2) is 11.5 Å². The maximum atomic E-state index is 12.8. The summed E-state index contributed by atoms with van der Waals surface area (Å²) >= 11 is 0. The number of hydrogen-bond donors (Lipinski definition) is 1. The monoisotopic (exact) mass is 342 g/mol. The first-order chi connectivity index (χ1) is 12.3. The second-order valence-corrected chi connectivity index (χ2v) is 6.36. The van der Waals surface area contributed by atoms with Crippen molar-refractivity contribution in [3.63, 3.8) is 0 Å². The van der Waals surface area contributed by atoms with Crippen molar-refractivity contribution in [2.75, 3.05) is 25.1 Å². The summed E-state index contributed by atoms with van der Waals surface area (Å²) in [5.41, 5.74) is 0.720. The van der Waals surface area contributed by atoms with Gasteiger partial charge in [0, 0.05) is 30.7 Å². The van der Waals surface area contributed by atoms with Gasteiger partial charge in [-0.3, -0.25) is 4.68 Å². The van der Waals surface area contributed by atoms with Gasteiger partial charge in [0.05, 0.1) is 12.6 Å². The first kappa shape index (κ1) is 15.8. The van der Waals surface area contributed by atoms with E-state index in [9.17, 15) is 4.79 Å². The average Bonchev–Trinajstić information content (AvgIpc) is 3.15. The second-order valence-electron chi connectivity index (χ2n) is 6.36. The summed E-state index contributed by atoms with van der Waals surface area (Å²) in [6.07, 6.45) is 6.87. The molecular formula is C18H22N4O3. The van der Waals surface area contributed by atoms with E-state index in [4.69, 9.17) is 9.47 Å². The van der Waals surface area contributed by atoms with E-state index >= 15 is 0 Å². The molecule has 0 spiro atoms. The van der Waals surface area contributed by atoms with E-state index < -0.39 is 0 Å². The number of benzene rings is 1. The molecule has 1 atom stereocenters. The SMILES string of the molecule is O=C(Nc1ccc2c(c1)OCCO2)N1CCCCC1Cn1cccn1. The number of urea groups is 1. The van der Waals surface area contributed by atoms with Crippen molar-refractivity contribution in [1.82, 2.24) is 14.7 Å². The van der Waals surface area contributed by atoms with Crippen LogP contribution in [0.4, 0.5) is 10.5 Å². The van der Waals surface area contributed by atoms with Gasteiger partial charge in [-0.25, -0.2) is 4.79 Å². The van der Waals surface area contributed by atoms with Gasteiger partial charge in [-0.05, 0) is 37.5 Å². The summed E-state index contributed by atoms with van der Waals surface area (Å²) in [5.74, 6) is 1.40. The van der Waals surface area contributed by atoms with Crippen molar-refractivity contribution in [3.8, 4) is 11.5 Å². The van der Waals surface area contributed by atoms with Crippen molar-refractivity contribution in [2.45, 2.75) is 31.8 Å². The molecule has 1 fully saturated rings. The lowest BCUT2D eigenvalue weighted by molar-refractivity contribution is 0.150. The predicted octanol–water partition coefficient (Wildman–Crippen LogP) is 2.74. The number of aromatic nitrogens is 2. The topological polar surface area (TPSA) is 68.6 Å². The molecule has 0 saturated carbocycles. The summed E-state index contributed by atoms with van der Waals surface area (Å²) in [6.45, 7) is 2.58. The van der Waals surface area contributed by atoms with E-state index in [0.717, 1.165) is 43.8 Å². The maximum Gasteiger partial charge on any atom is 0.322 e. The minimum Gasteiger partial charge on any atom is -0.486 e. The highest BCUT2D eigenvalue weighted by molar-refractivity contribution is 5.90. The molecule has 3 heterocycles. The van der Waals surface area contributed by atoms with Gasteiger partial charge in [-0.2, -0.15) is 5.10 Å². The number of carbonyl (C=O) groups is 1. The van der Waals surface area contributed by atoms with Crippen LogP contribution in [0, 0.1) is 0 Å². The zero-order valence-electron chi connectivity index (χ0n) is 14.1. The van der Waals surface area contributed by atoms with Gasteiger partial charge < -0.3 is 19.7 Å². The molecule has 1 saturated heterocycles. The highest BCUT2D eigenvalue weighted by atomic mass is 16.6. The Balaban J connectivity index is 1.45. The van der Waals surface area contributed by atoms with E-state index in [1.54, 1.807) is 6.20 Å². The Morgan fingerprint density at radius 1 is 1.24 bits per heavy atom. The third-order valence-electron chi connectivity index (χ3n) is 4.64. The molecule has 2 amide bonds. The van der Waals surface area contributed by atoms with Gasteiger partial charge in [0.2, 0.25) is 0 Å². The first-order valence-corrected chi connectivity index (χ1v) is 8.74. The lowest BCUT2D eigenvalue weighted by Gasteiger charge is -2.35. The van der Waals surface area contributed by atoms with Crippen LogP contribution >= 0.6 is 0 Å². The van der Waals surface area contributed by atoms with Crippen molar-refractivity contribution in [1.29, 1.82) is 0 Å². The molecule has 0 radical (unpaired) electrons. The quantitative estimate of drug-likeness (QED) is 0.931. The van der Waals surface area contributed by atoms with E-state index in [0.29, 0.717) is 19.0 Å². The smallest absolute Gasteiger partial charge is 0.322 e. The molecule has 1 unspecified atom stereocenters. The number of hydrogen-bond acceptors (Lipinski definition) is 4. The van der Waals surface area contributed by atoms with Crippen LogP contribution in [-0.4, -0.2) is 46.5 Å². The van der Waals surface area contributed by atoms with E-state index in [2.05, 4.69) is 10.4 Å².